The van der Waals surface area contributed by atoms with Crippen molar-refractivity contribution in [1.82, 2.24) is 5.32 Å². The smallest absolute Gasteiger partial charge is 0.268 e. The number of amides is 1. The first kappa shape index (κ1) is 35.0. The molecule has 0 aromatic heterocycles. The van der Waals surface area contributed by atoms with E-state index >= 15 is 0 Å². The van der Waals surface area contributed by atoms with Crippen LogP contribution in [0.2, 0.25) is 0 Å². The van der Waals surface area contributed by atoms with Crippen LogP contribution >= 0.6 is 7.82 Å². The second kappa shape index (κ2) is 21.0. The van der Waals surface area contributed by atoms with Gasteiger partial charge in [0, 0.05) is 6.42 Å². The highest BCUT2D eigenvalue weighted by Gasteiger charge is 2.22. The number of aliphatic hydroxyl groups excluding tert-OH is 1. The number of unbranched alkanes of at least 4 members (excludes halogenated alkanes) is 8. The monoisotopic (exact) mass is 532 g/mol. The van der Waals surface area contributed by atoms with Gasteiger partial charge in [0.2, 0.25) is 5.91 Å². The predicted molar refractivity (Wildman–Crippen MR) is 145 cm³/mol. The van der Waals surface area contributed by atoms with Gasteiger partial charge in [0.05, 0.1) is 39.9 Å². The number of nitrogens with zero attached hydrogens (tertiary/aromatic N) is 1. The van der Waals surface area contributed by atoms with Crippen LogP contribution in [0.25, 0.3) is 0 Å². The summed E-state index contributed by atoms with van der Waals surface area (Å²) in [6.07, 6.45) is 19.5. The van der Waals surface area contributed by atoms with Gasteiger partial charge in [0.25, 0.3) is 7.82 Å². The van der Waals surface area contributed by atoms with Crippen molar-refractivity contribution in [3.8, 4) is 0 Å². The van der Waals surface area contributed by atoms with Gasteiger partial charge in [-0.3, -0.25) is 9.36 Å². The van der Waals surface area contributed by atoms with Crippen molar-refractivity contribution in [3.05, 3.63) is 24.3 Å². The van der Waals surface area contributed by atoms with Gasteiger partial charge in [-0.2, -0.15) is 0 Å². The van der Waals surface area contributed by atoms with Gasteiger partial charge in [-0.25, -0.2) is 0 Å². The summed E-state index contributed by atoms with van der Waals surface area (Å²) in [5.74, 6) is -0.265. The maximum absolute atomic E-state index is 12.1. The summed E-state index contributed by atoms with van der Waals surface area (Å²) in [4.78, 5) is 24.2. The number of carbonyl (C=O) groups is 1. The molecule has 0 saturated carbocycles. The lowest BCUT2D eigenvalue weighted by Gasteiger charge is -2.29. The van der Waals surface area contributed by atoms with E-state index in [-0.39, 0.29) is 18.9 Å². The first-order chi connectivity index (χ1) is 17.0. The zero-order valence-corrected chi connectivity index (χ0v) is 24.3. The molecule has 36 heavy (non-hydrogen) atoms. The second-order valence-electron chi connectivity index (χ2n) is 10.4. The molecule has 1 amide bonds. The molecule has 0 spiro atoms. The molecule has 0 radical (unpaired) electrons. The van der Waals surface area contributed by atoms with Gasteiger partial charge in [-0.15, -0.1) is 0 Å². The van der Waals surface area contributed by atoms with Crippen LogP contribution in [0.5, 0.6) is 0 Å². The summed E-state index contributed by atoms with van der Waals surface area (Å²) in [7, 11) is 1.23. The highest BCUT2D eigenvalue weighted by molar-refractivity contribution is 7.45. The van der Waals surface area contributed by atoms with Gasteiger partial charge in [-0.1, -0.05) is 76.7 Å². The zero-order valence-electron chi connectivity index (χ0n) is 23.5. The summed E-state index contributed by atoms with van der Waals surface area (Å²) in [6, 6.07) is -0.891. The molecule has 0 aliphatic rings. The Balaban J connectivity index is 4.47. The normalized spacial score (nSPS) is 15.9. The molecule has 0 aromatic carbocycles. The summed E-state index contributed by atoms with van der Waals surface area (Å²) < 4.78 is 22.5. The van der Waals surface area contributed by atoms with Crippen LogP contribution in [-0.2, 0) is 18.4 Å². The molecule has 0 heterocycles. The van der Waals surface area contributed by atoms with Gasteiger partial charge in [0.1, 0.15) is 13.2 Å². The zero-order chi connectivity index (χ0) is 27.3. The average Bonchev–Trinajstić information content (AvgIpc) is 2.78. The van der Waals surface area contributed by atoms with E-state index < -0.39 is 26.6 Å². The van der Waals surface area contributed by atoms with E-state index in [0.717, 1.165) is 19.3 Å². The third-order valence-electron chi connectivity index (χ3n) is 5.63. The molecule has 0 aliphatic carbocycles. The molecular formula is C27H53N2O6P. The van der Waals surface area contributed by atoms with Crippen LogP contribution in [0, 0.1) is 0 Å². The Bertz CT molecular complexity index is 663. The Labute approximate surface area is 220 Å². The third-order valence-corrected chi connectivity index (χ3v) is 6.60. The van der Waals surface area contributed by atoms with Crippen LogP contribution < -0.4 is 10.2 Å². The Kier molecular flexibility index (Phi) is 20.4. The molecule has 0 aromatic rings. The lowest BCUT2D eigenvalue weighted by Crippen LogP contribution is -2.45. The molecule has 3 unspecified atom stereocenters. The highest BCUT2D eigenvalue weighted by Crippen LogP contribution is 2.38. The molecule has 0 saturated heterocycles. The third kappa shape index (κ3) is 22.2. The molecule has 0 rings (SSSR count). The fourth-order valence-electron chi connectivity index (χ4n) is 3.38. The number of hydrogen-bond donors (Lipinski definition) is 2. The highest BCUT2D eigenvalue weighted by atomic mass is 31.2. The predicted octanol–water partition coefficient (Wildman–Crippen LogP) is 4.87. The van der Waals surface area contributed by atoms with Crippen molar-refractivity contribution < 1.29 is 32.9 Å². The minimum Gasteiger partial charge on any atom is -0.756 e. The van der Waals surface area contributed by atoms with Crippen molar-refractivity contribution >= 4 is 13.7 Å². The number of phosphoric acid groups is 1. The maximum atomic E-state index is 12.1. The summed E-state index contributed by atoms with van der Waals surface area (Å²) in [5.41, 5.74) is 0. The quantitative estimate of drug-likeness (QED) is 0.0841. The number of carbonyl (C=O) groups excluding carboxylic acids is 1. The molecule has 9 heteroatoms. The largest absolute Gasteiger partial charge is 0.756 e. The SMILES string of the molecule is CCCCCCCCC/C=C/CC/C=C/C(O)C(COP(=O)([O-])OCC[N+](C)(C)C)NC(=O)CCC. The van der Waals surface area contributed by atoms with Crippen molar-refractivity contribution in [1.29, 1.82) is 0 Å². The Hall–Kier alpha value is -1.02. The lowest BCUT2D eigenvalue weighted by atomic mass is 10.1. The number of likely N-dealkylation sites (N-methyl/N-ethyl adjacent to an activating group) is 1. The van der Waals surface area contributed by atoms with Crippen LogP contribution in [0.1, 0.15) is 90.9 Å². The molecule has 0 aliphatic heterocycles. The van der Waals surface area contributed by atoms with Crippen LogP contribution in [0.15, 0.2) is 24.3 Å². The minimum atomic E-state index is -4.55. The molecule has 212 valence electrons. The first-order valence-corrected chi connectivity index (χ1v) is 15.2. The van der Waals surface area contributed by atoms with Crippen LogP contribution in [0.3, 0.4) is 0 Å². The van der Waals surface area contributed by atoms with Gasteiger partial charge in [-0.05, 0) is 32.1 Å². The Morgan fingerprint density at radius 1 is 0.944 bits per heavy atom. The van der Waals surface area contributed by atoms with Gasteiger partial charge >= 0.3 is 0 Å². The van der Waals surface area contributed by atoms with E-state index in [0.29, 0.717) is 17.4 Å². The van der Waals surface area contributed by atoms with Crippen molar-refractivity contribution in [2.45, 2.75) is 103 Å². The molecule has 0 fully saturated rings. The molecule has 8 nitrogen and oxygen atoms in total. The summed E-state index contributed by atoms with van der Waals surface area (Å²) in [5, 5.41) is 13.2. The summed E-state index contributed by atoms with van der Waals surface area (Å²) in [6.45, 7) is 4.19. The molecule has 0 bridgehead atoms. The number of hydrogen-bond acceptors (Lipinski definition) is 6. The minimum absolute atomic E-state index is 0.00787. The van der Waals surface area contributed by atoms with Crippen LogP contribution in [-0.4, -0.2) is 68.5 Å². The number of rotatable bonds is 23. The number of nitrogens with one attached hydrogen (secondary N) is 1. The van der Waals surface area contributed by atoms with Crippen molar-refractivity contribution in [2.24, 2.45) is 0 Å². The average molecular weight is 533 g/mol. The molecule has 2 N–H and O–H groups in total. The standard InChI is InChI=1S/C27H53N2O6P/c1-6-8-9-10-11-12-13-14-15-16-17-18-19-21-26(30)25(28-27(31)20-7-2)24-35-36(32,33)34-23-22-29(3,4)5/h15-16,19,21,25-26,30H,6-14,17-18,20,22-24H2,1-5H3,(H-,28,31,32,33)/b16-15+,21-19+. The number of quaternary nitrogens is 1. The van der Waals surface area contributed by atoms with Crippen molar-refractivity contribution in [3.63, 3.8) is 0 Å². The number of aliphatic hydroxyl groups is 1. The second-order valence-corrected chi connectivity index (χ2v) is 11.8. The number of allylic oxidation sites excluding steroid dienone is 3. The lowest BCUT2D eigenvalue weighted by molar-refractivity contribution is -0.870. The van der Waals surface area contributed by atoms with E-state index in [1.807, 2.05) is 34.1 Å². The van der Waals surface area contributed by atoms with Gasteiger partial charge < -0.3 is 28.8 Å². The van der Waals surface area contributed by atoms with Crippen molar-refractivity contribution in [2.75, 3.05) is 40.9 Å². The van der Waals surface area contributed by atoms with E-state index in [9.17, 15) is 19.4 Å². The van der Waals surface area contributed by atoms with E-state index in [4.69, 9.17) is 9.05 Å². The van der Waals surface area contributed by atoms with Gasteiger partial charge in [0.15, 0.2) is 0 Å². The Morgan fingerprint density at radius 2 is 1.56 bits per heavy atom. The maximum Gasteiger partial charge on any atom is 0.268 e. The summed E-state index contributed by atoms with van der Waals surface area (Å²) >= 11 is 0. The van der Waals surface area contributed by atoms with Crippen LogP contribution in [0.4, 0.5) is 0 Å². The molecule has 3 atom stereocenters. The molecular weight excluding hydrogens is 479 g/mol. The van der Waals surface area contributed by atoms with E-state index in [1.165, 1.54) is 44.9 Å². The fraction of sp³-hybridized carbons (Fsp3) is 0.815. The van der Waals surface area contributed by atoms with E-state index in [1.54, 1.807) is 6.08 Å². The number of phosphoric ester groups is 1. The first-order valence-electron chi connectivity index (χ1n) is 13.7. The fourth-order valence-corrected chi connectivity index (χ4v) is 4.11. The Morgan fingerprint density at radius 3 is 2.19 bits per heavy atom. The topological polar surface area (TPSA) is 108 Å². The van der Waals surface area contributed by atoms with E-state index in [2.05, 4.69) is 24.4 Å².